The van der Waals surface area contributed by atoms with Crippen molar-refractivity contribution in [1.29, 1.82) is 0 Å². The van der Waals surface area contributed by atoms with Crippen LogP contribution in [0.5, 0.6) is 0 Å². The molecule has 2 unspecified atom stereocenters. The molecule has 4 heterocycles. The molecule has 12 nitrogen and oxygen atoms in total. The van der Waals surface area contributed by atoms with Crippen LogP contribution in [0.4, 0.5) is 0 Å². The van der Waals surface area contributed by atoms with Crippen LogP contribution in [0.1, 0.15) is 31.4 Å². The summed E-state index contributed by atoms with van der Waals surface area (Å²) in [4.78, 5) is 26.7. The molecular formula is C16H24N10O2. The second kappa shape index (κ2) is 7.64. The lowest BCUT2D eigenvalue weighted by Crippen LogP contribution is -2.40. The highest BCUT2D eigenvalue weighted by Gasteiger charge is 2.35. The van der Waals surface area contributed by atoms with Crippen LogP contribution in [-0.2, 0) is 29.2 Å². The molecule has 0 aromatic carbocycles. The smallest absolute Gasteiger partial charge is 0.228 e. The molecule has 2 atom stereocenters. The van der Waals surface area contributed by atoms with Gasteiger partial charge >= 0.3 is 0 Å². The highest BCUT2D eigenvalue weighted by Crippen LogP contribution is 2.18. The van der Waals surface area contributed by atoms with Crippen molar-refractivity contribution in [2.45, 2.75) is 39.6 Å². The number of carbonyl (C=O) groups is 2. The zero-order chi connectivity index (χ0) is 19.7. The Bertz CT molecular complexity index is 846. The van der Waals surface area contributed by atoms with Gasteiger partial charge in [-0.05, 0) is 16.5 Å². The fraction of sp³-hybridized carbons (Fsp3) is 0.625. The van der Waals surface area contributed by atoms with E-state index >= 15 is 0 Å². The van der Waals surface area contributed by atoms with Gasteiger partial charge in [0.1, 0.15) is 12.5 Å². The van der Waals surface area contributed by atoms with E-state index < -0.39 is 0 Å². The van der Waals surface area contributed by atoms with Gasteiger partial charge in [-0.2, -0.15) is 5.10 Å². The molecule has 2 aliphatic heterocycles. The predicted molar refractivity (Wildman–Crippen MR) is 95.8 cm³/mol. The molecule has 2 aromatic rings. The van der Waals surface area contributed by atoms with Gasteiger partial charge < -0.3 is 10.2 Å². The van der Waals surface area contributed by atoms with E-state index in [1.807, 2.05) is 29.5 Å². The molecule has 0 saturated carbocycles. The molecule has 12 heteroatoms. The zero-order valence-electron chi connectivity index (χ0n) is 15.9. The molecule has 28 heavy (non-hydrogen) atoms. The Kier molecular flexibility index (Phi) is 5.05. The van der Waals surface area contributed by atoms with Crippen molar-refractivity contribution in [2.75, 3.05) is 13.1 Å². The Balaban J connectivity index is 1.36. The van der Waals surface area contributed by atoms with Gasteiger partial charge in [0.15, 0.2) is 0 Å². The van der Waals surface area contributed by atoms with E-state index in [-0.39, 0.29) is 29.8 Å². The minimum Gasteiger partial charge on any atom is -0.350 e. The Labute approximate surface area is 161 Å². The summed E-state index contributed by atoms with van der Waals surface area (Å²) in [6.45, 7) is 6.49. The number of carbonyl (C=O) groups excluding carboxylic acids is 2. The van der Waals surface area contributed by atoms with Crippen molar-refractivity contribution in [1.82, 2.24) is 51.1 Å². The summed E-state index contributed by atoms with van der Waals surface area (Å²) in [5, 5.41) is 18.6. The largest absolute Gasteiger partial charge is 0.350 e. The minimum absolute atomic E-state index is 0.0185. The van der Waals surface area contributed by atoms with Crippen molar-refractivity contribution in [3.05, 3.63) is 23.8 Å². The third-order valence-corrected chi connectivity index (χ3v) is 5.04. The van der Waals surface area contributed by atoms with Gasteiger partial charge in [-0.15, -0.1) is 5.10 Å². The first-order valence-corrected chi connectivity index (χ1v) is 9.36. The summed E-state index contributed by atoms with van der Waals surface area (Å²) in [5.41, 5.74) is 7.74. The average molecular weight is 388 g/mol. The van der Waals surface area contributed by atoms with Crippen molar-refractivity contribution in [3.8, 4) is 0 Å². The van der Waals surface area contributed by atoms with Crippen LogP contribution < -0.4 is 16.2 Å². The van der Waals surface area contributed by atoms with Crippen molar-refractivity contribution in [2.24, 2.45) is 11.8 Å². The first kappa shape index (κ1) is 18.5. The molecule has 3 N–H and O–H groups in total. The fourth-order valence-corrected chi connectivity index (χ4v) is 3.54. The highest BCUT2D eigenvalue weighted by atomic mass is 16.2. The molecule has 4 rings (SSSR count). The highest BCUT2D eigenvalue weighted by molar-refractivity contribution is 5.79. The normalized spacial score (nSPS) is 21.8. The molecular weight excluding hydrogens is 364 g/mol. The molecule has 2 aromatic heterocycles. The summed E-state index contributed by atoms with van der Waals surface area (Å²) in [6.07, 6.45) is 1.12. The van der Waals surface area contributed by atoms with Crippen molar-refractivity contribution in [3.63, 3.8) is 0 Å². The lowest BCUT2D eigenvalue weighted by molar-refractivity contribution is -0.136. The lowest BCUT2D eigenvalue weighted by atomic mass is 10.1. The average Bonchev–Trinajstić information content (AvgIpc) is 3.44. The number of rotatable bonds is 5. The number of nitrogens with one attached hydrogen (secondary N) is 3. The Morgan fingerprint density at radius 1 is 1.36 bits per heavy atom. The number of hydrogen-bond donors (Lipinski definition) is 3. The maximum absolute atomic E-state index is 12.6. The number of tetrazole rings is 1. The summed E-state index contributed by atoms with van der Waals surface area (Å²) >= 11 is 0. The van der Waals surface area contributed by atoms with E-state index in [0.29, 0.717) is 32.7 Å². The number of fused-ring (bicyclic) bond motifs is 1. The Morgan fingerprint density at radius 3 is 2.96 bits per heavy atom. The topological polar surface area (TPSA) is 135 Å². The van der Waals surface area contributed by atoms with E-state index in [9.17, 15) is 9.59 Å². The van der Waals surface area contributed by atoms with Gasteiger partial charge in [0.2, 0.25) is 11.8 Å². The van der Waals surface area contributed by atoms with Crippen LogP contribution in [0.25, 0.3) is 0 Å². The molecule has 0 spiro atoms. The molecule has 150 valence electrons. The summed E-state index contributed by atoms with van der Waals surface area (Å²) in [7, 11) is 0. The SMILES string of the molecule is CC(C)C(=O)N1CCn2nc(CNC(=O)C3CNNC3n3cnnn3)cc2C1. The second-order valence-corrected chi connectivity index (χ2v) is 7.35. The van der Waals surface area contributed by atoms with Gasteiger partial charge in [0.05, 0.1) is 36.9 Å². The van der Waals surface area contributed by atoms with E-state index in [2.05, 4.69) is 36.8 Å². The number of aromatic nitrogens is 6. The molecule has 1 saturated heterocycles. The molecule has 0 bridgehead atoms. The van der Waals surface area contributed by atoms with E-state index in [0.717, 1.165) is 11.4 Å². The molecule has 0 aliphatic carbocycles. The summed E-state index contributed by atoms with van der Waals surface area (Å²) in [6, 6.07) is 1.95. The van der Waals surface area contributed by atoms with E-state index in [1.54, 1.807) is 0 Å². The number of hydrazine groups is 1. The molecule has 1 fully saturated rings. The number of hydrogen-bond acceptors (Lipinski definition) is 8. The fourth-order valence-electron chi connectivity index (χ4n) is 3.54. The van der Waals surface area contributed by atoms with Gasteiger partial charge in [0, 0.05) is 19.0 Å². The predicted octanol–water partition coefficient (Wildman–Crippen LogP) is -1.59. The molecule has 2 aliphatic rings. The van der Waals surface area contributed by atoms with Gasteiger partial charge in [-0.3, -0.25) is 19.7 Å². The van der Waals surface area contributed by atoms with Gasteiger partial charge in [-0.1, -0.05) is 13.8 Å². The monoisotopic (exact) mass is 388 g/mol. The first-order valence-electron chi connectivity index (χ1n) is 9.36. The molecule has 0 radical (unpaired) electrons. The summed E-state index contributed by atoms with van der Waals surface area (Å²) in [5.74, 6) is -0.326. The molecule has 2 amide bonds. The zero-order valence-corrected chi connectivity index (χ0v) is 15.9. The van der Waals surface area contributed by atoms with Crippen LogP contribution in [0, 0.1) is 11.8 Å². The first-order chi connectivity index (χ1) is 13.5. The van der Waals surface area contributed by atoms with Gasteiger partial charge in [0.25, 0.3) is 0 Å². The van der Waals surface area contributed by atoms with Crippen LogP contribution in [0.2, 0.25) is 0 Å². The third kappa shape index (κ3) is 3.60. The van der Waals surface area contributed by atoms with Crippen LogP contribution >= 0.6 is 0 Å². The van der Waals surface area contributed by atoms with E-state index in [4.69, 9.17) is 0 Å². The maximum atomic E-state index is 12.6. The Hall–Kier alpha value is -2.86. The number of amides is 2. The number of nitrogens with zero attached hydrogens (tertiary/aromatic N) is 7. The lowest BCUT2D eigenvalue weighted by Gasteiger charge is -2.29. The minimum atomic E-state index is -0.347. The van der Waals surface area contributed by atoms with Crippen molar-refractivity contribution < 1.29 is 9.59 Å². The maximum Gasteiger partial charge on any atom is 0.228 e. The third-order valence-electron chi connectivity index (χ3n) is 5.04. The Morgan fingerprint density at radius 2 is 2.21 bits per heavy atom. The van der Waals surface area contributed by atoms with Crippen LogP contribution in [0.15, 0.2) is 12.4 Å². The van der Waals surface area contributed by atoms with E-state index in [1.165, 1.54) is 11.0 Å². The quantitative estimate of drug-likeness (QED) is 0.558. The van der Waals surface area contributed by atoms with Gasteiger partial charge in [-0.25, -0.2) is 10.1 Å². The van der Waals surface area contributed by atoms with Crippen LogP contribution in [-0.4, -0.2) is 59.8 Å². The second-order valence-electron chi connectivity index (χ2n) is 7.35. The van der Waals surface area contributed by atoms with Crippen molar-refractivity contribution >= 4 is 11.8 Å². The van der Waals surface area contributed by atoms with Crippen LogP contribution in [0.3, 0.4) is 0 Å². The standard InChI is InChI=1S/C16H24N10O2/c1-10(2)16(28)24-3-4-25-12(8-24)5-11(21-25)6-17-15(27)13-7-18-20-14(13)26-9-19-22-23-26/h5,9-10,13-14,18,20H,3-4,6-8H2,1-2H3,(H,17,27). The summed E-state index contributed by atoms with van der Waals surface area (Å²) < 4.78 is 3.42.